The summed E-state index contributed by atoms with van der Waals surface area (Å²) in [6.45, 7) is 31.8. The van der Waals surface area contributed by atoms with E-state index in [1.807, 2.05) is 13.8 Å². The first kappa shape index (κ1) is 29.7. The van der Waals surface area contributed by atoms with E-state index in [9.17, 15) is 9.46 Å². The van der Waals surface area contributed by atoms with Gasteiger partial charge in [-0.15, -0.1) is 0 Å². The summed E-state index contributed by atoms with van der Waals surface area (Å²) in [6, 6.07) is 6.32. The minimum absolute atomic E-state index is 0.0396. The maximum atomic E-state index is 14.2. The van der Waals surface area contributed by atoms with Crippen LogP contribution in [-0.4, -0.2) is 4.89 Å². The molecule has 1 N–H and O–H groups in total. The van der Waals surface area contributed by atoms with Gasteiger partial charge in [-0.1, -0.05) is 101 Å². The second kappa shape index (κ2) is 9.07. The summed E-state index contributed by atoms with van der Waals surface area (Å²) in [5, 5.41) is 0.439. The molecule has 0 amide bonds. The van der Waals surface area contributed by atoms with Crippen LogP contribution in [0.1, 0.15) is 122 Å². The highest BCUT2D eigenvalue weighted by Gasteiger charge is 2.38. The number of hydrogen-bond acceptors (Lipinski definition) is 2. The van der Waals surface area contributed by atoms with Crippen LogP contribution in [0.4, 0.5) is 0 Å². The molecule has 0 aliphatic rings. The van der Waals surface area contributed by atoms with Crippen LogP contribution in [0, 0.1) is 20.8 Å². The zero-order chi connectivity index (χ0) is 27.5. The summed E-state index contributed by atoms with van der Waals surface area (Å²) in [6.07, 6.45) is 0. The van der Waals surface area contributed by atoms with Crippen LogP contribution < -0.4 is 9.83 Å². The predicted molar refractivity (Wildman–Crippen MR) is 152 cm³/mol. The molecule has 2 aromatic rings. The van der Waals surface area contributed by atoms with Crippen LogP contribution >= 0.6 is 7.60 Å². The largest absolute Gasteiger partial charge is 0.421 e. The Kier molecular flexibility index (Phi) is 7.69. The number of benzene rings is 2. The van der Waals surface area contributed by atoms with Gasteiger partial charge in [0.05, 0.1) is 5.30 Å². The minimum Gasteiger partial charge on any atom is -0.421 e. The first-order valence-corrected chi connectivity index (χ1v) is 14.3. The minimum atomic E-state index is -4.22. The molecule has 0 saturated carbocycles. The maximum Gasteiger partial charge on any atom is 0.408 e. The lowest BCUT2D eigenvalue weighted by atomic mass is 9.76. The van der Waals surface area contributed by atoms with Crippen molar-refractivity contribution in [2.45, 2.75) is 126 Å². The number of aryl methyl sites for hydroxylation is 2. The molecule has 0 radical (unpaired) electrons. The van der Waals surface area contributed by atoms with Crippen molar-refractivity contribution in [3.05, 3.63) is 57.1 Å². The molecule has 35 heavy (non-hydrogen) atoms. The van der Waals surface area contributed by atoms with Crippen LogP contribution in [0.2, 0.25) is 0 Å². The molecule has 3 nitrogen and oxygen atoms in total. The molecule has 0 aliphatic heterocycles. The first-order valence-electron chi connectivity index (χ1n) is 12.7. The van der Waals surface area contributed by atoms with Gasteiger partial charge in [0.25, 0.3) is 0 Å². The monoisotopic (exact) mass is 500 g/mol. The van der Waals surface area contributed by atoms with Crippen molar-refractivity contribution in [1.82, 2.24) is 0 Å². The molecule has 0 aromatic heterocycles. The summed E-state index contributed by atoms with van der Waals surface area (Å²) in [4.78, 5) is 11.7. The van der Waals surface area contributed by atoms with Gasteiger partial charge in [-0.3, -0.25) is 0 Å². The van der Waals surface area contributed by atoms with Gasteiger partial charge >= 0.3 is 7.60 Å². The zero-order valence-electron chi connectivity index (χ0n) is 24.9. The number of rotatable bonds is 3. The molecule has 0 aliphatic carbocycles. The molecule has 0 fully saturated rings. The Labute approximate surface area is 215 Å². The van der Waals surface area contributed by atoms with Gasteiger partial charge in [0.2, 0.25) is 0 Å². The fourth-order valence-electron chi connectivity index (χ4n) is 5.02. The summed E-state index contributed by atoms with van der Waals surface area (Å²) in [5.74, 6) is 0.521. The topological polar surface area (TPSA) is 46.5 Å². The van der Waals surface area contributed by atoms with Crippen molar-refractivity contribution in [2.75, 3.05) is 0 Å². The zero-order valence-corrected chi connectivity index (χ0v) is 25.8. The smallest absolute Gasteiger partial charge is 0.408 e. The lowest BCUT2D eigenvalue weighted by Gasteiger charge is -2.34. The van der Waals surface area contributed by atoms with E-state index in [1.54, 1.807) is 0 Å². The Bertz CT molecular complexity index is 1160. The Morgan fingerprint density at radius 2 is 1.14 bits per heavy atom. The average molecular weight is 501 g/mol. The first-order chi connectivity index (χ1) is 15.4. The summed E-state index contributed by atoms with van der Waals surface area (Å²) in [5.41, 5.74) is 6.31. The summed E-state index contributed by atoms with van der Waals surface area (Å²) >= 11 is 0. The van der Waals surface area contributed by atoms with Crippen LogP contribution in [-0.2, 0) is 26.2 Å². The van der Waals surface area contributed by atoms with E-state index in [0.717, 1.165) is 27.8 Å². The van der Waals surface area contributed by atoms with Gasteiger partial charge in [-0.25, -0.2) is 4.57 Å². The Hall–Kier alpha value is -1.57. The molecule has 0 spiro atoms. The summed E-state index contributed by atoms with van der Waals surface area (Å²) < 4.78 is 20.5. The van der Waals surface area contributed by atoms with Gasteiger partial charge in [0, 0.05) is 5.56 Å². The van der Waals surface area contributed by atoms with Crippen LogP contribution in [0.15, 0.2) is 18.2 Å². The maximum absolute atomic E-state index is 14.2. The van der Waals surface area contributed by atoms with Gasteiger partial charge in [0.1, 0.15) is 5.75 Å². The average Bonchev–Trinajstić information content (AvgIpc) is 2.60. The highest BCUT2D eigenvalue weighted by atomic mass is 31.2. The molecule has 2 rings (SSSR count). The molecule has 0 saturated heterocycles. The highest BCUT2D eigenvalue weighted by Crippen LogP contribution is 2.51. The van der Waals surface area contributed by atoms with E-state index in [1.165, 1.54) is 11.1 Å². The third-order valence-electron chi connectivity index (χ3n) is 6.75. The molecule has 0 bridgehead atoms. The van der Waals surface area contributed by atoms with E-state index >= 15 is 0 Å². The summed E-state index contributed by atoms with van der Waals surface area (Å²) in [7, 11) is -4.22. The van der Waals surface area contributed by atoms with E-state index < -0.39 is 7.60 Å². The quantitative estimate of drug-likeness (QED) is 0.429. The van der Waals surface area contributed by atoms with Gasteiger partial charge in [-0.2, -0.15) is 0 Å². The molecule has 1 unspecified atom stereocenters. The van der Waals surface area contributed by atoms with E-state index in [2.05, 4.69) is 108 Å². The molecular formula is C31H49O3P. The Balaban J connectivity index is 2.88. The lowest BCUT2D eigenvalue weighted by molar-refractivity contribution is 0.384. The fourth-order valence-corrected chi connectivity index (χ4v) is 6.90. The van der Waals surface area contributed by atoms with Crippen LogP contribution in [0.3, 0.4) is 0 Å². The van der Waals surface area contributed by atoms with Crippen molar-refractivity contribution in [1.29, 1.82) is 0 Å². The Morgan fingerprint density at radius 1 is 0.657 bits per heavy atom. The molecule has 1 atom stereocenters. The molecule has 0 heterocycles. The fraction of sp³-hybridized carbons (Fsp3) is 0.613. The van der Waals surface area contributed by atoms with E-state index in [0.29, 0.717) is 11.1 Å². The van der Waals surface area contributed by atoms with Crippen molar-refractivity contribution >= 4 is 12.9 Å². The molecule has 196 valence electrons. The van der Waals surface area contributed by atoms with Crippen molar-refractivity contribution in [3.8, 4) is 5.75 Å². The second-order valence-corrected chi connectivity index (χ2v) is 16.0. The van der Waals surface area contributed by atoms with Crippen LogP contribution in [0.5, 0.6) is 5.75 Å². The lowest BCUT2D eigenvalue weighted by Crippen LogP contribution is -2.31. The molecule has 2 aromatic carbocycles. The third-order valence-corrected chi connectivity index (χ3v) is 8.33. The normalized spacial score (nSPS) is 15.2. The van der Waals surface area contributed by atoms with E-state index in [4.69, 9.17) is 4.52 Å². The highest BCUT2D eigenvalue weighted by molar-refractivity contribution is 7.61. The predicted octanol–water partition coefficient (Wildman–Crippen LogP) is 8.69. The standard InChI is InChI=1S/C31H49O3P/c1-19-16-22(28(4,5)6)18-24(30(10,11)12)26(19)34-35(32,33)27-20(2)17-23(29(7,8)9)21(3)25(27)31(13,14)15/h16-18H,1-15H3,(H,32,33). The third kappa shape index (κ3) is 6.23. The van der Waals surface area contributed by atoms with Gasteiger partial charge < -0.3 is 9.42 Å². The molecular weight excluding hydrogens is 451 g/mol. The second-order valence-electron chi connectivity index (χ2n) is 14.4. The van der Waals surface area contributed by atoms with Gasteiger partial charge in [-0.05, 0) is 75.8 Å². The van der Waals surface area contributed by atoms with Crippen molar-refractivity contribution in [3.63, 3.8) is 0 Å². The number of hydrogen-bond donors (Lipinski definition) is 1. The van der Waals surface area contributed by atoms with Crippen LogP contribution in [0.25, 0.3) is 0 Å². The van der Waals surface area contributed by atoms with Crippen molar-refractivity contribution in [2.24, 2.45) is 0 Å². The van der Waals surface area contributed by atoms with Gasteiger partial charge in [0.15, 0.2) is 0 Å². The van der Waals surface area contributed by atoms with E-state index in [-0.39, 0.29) is 21.7 Å². The van der Waals surface area contributed by atoms with Crippen molar-refractivity contribution < 1.29 is 14.0 Å². The molecule has 4 heteroatoms. The SMILES string of the molecule is Cc1cc(C(C)(C)C)cc(C(C)(C)C)c1OP(=O)(O)c1c(C)cc(C(C)(C)C)c(C)c1C(C)(C)C. The Morgan fingerprint density at radius 3 is 1.54 bits per heavy atom.